The van der Waals surface area contributed by atoms with E-state index in [-0.39, 0.29) is 29.4 Å². The summed E-state index contributed by atoms with van der Waals surface area (Å²) in [4.78, 5) is 65.5. The average Bonchev–Trinajstić information content (AvgIpc) is 3.05. The van der Waals surface area contributed by atoms with E-state index in [4.69, 9.17) is 9.47 Å². The zero-order valence-corrected chi connectivity index (χ0v) is 30.3. The van der Waals surface area contributed by atoms with Crippen LogP contribution < -0.4 is 20.3 Å². The Morgan fingerprint density at radius 2 is 1.43 bits per heavy atom. The standard InChI is InChI=1S/C38H43F2N3O7S/c1-37(2,3)19-29(36(48)50-38(4,5)6)42-31(45)20-41-32(46)21-49-28-17-9-24(10-18-28)33-34(35(47)43(33)27-15-13-26(40)14-16-27)51-22-30(44)23-7-11-25(39)12-8-23/h7-18,29,33-34H,19-22H2,1-6H3,(H,41,46)(H,42,45)/t29-,33+,34+/m0/s1. The van der Waals surface area contributed by atoms with Gasteiger partial charge >= 0.3 is 5.97 Å². The Bertz CT molecular complexity index is 1720. The van der Waals surface area contributed by atoms with E-state index in [2.05, 4.69) is 10.6 Å². The van der Waals surface area contributed by atoms with Gasteiger partial charge in [-0.2, -0.15) is 0 Å². The lowest BCUT2D eigenvalue weighted by molar-refractivity contribution is -0.159. The molecule has 0 radical (unpaired) electrons. The van der Waals surface area contributed by atoms with Crippen molar-refractivity contribution in [3.63, 3.8) is 0 Å². The van der Waals surface area contributed by atoms with Crippen molar-refractivity contribution in [2.24, 2.45) is 5.41 Å². The van der Waals surface area contributed by atoms with E-state index < -0.39 is 59.0 Å². The lowest BCUT2D eigenvalue weighted by Gasteiger charge is -2.47. The van der Waals surface area contributed by atoms with Crippen LogP contribution in [0.25, 0.3) is 0 Å². The first-order valence-corrected chi connectivity index (χ1v) is 17.5. The number of β-lactam (4-membered cyclic amide) rings is 1. The molecule has 1 aliphatic rings. The minimum Gasteiger partial charge on any atom is -0.484 e. The van der Waals surface area contributed by atoms with Crippen LogP contribution in [0.1, 0.15) is 69.9 Å². The molecule has 0 bridgehead atoms. The Morgan fingerprint density at radius 1 is 0.843 bits per heavy atom. The highest BCUT2D eigenvalue weighted by atomic mass is 32.2. The molecule has 0 aromatic heterocycles. The van der Waals surface area contributed by atoms with E-state index in [0.29, 0.717) is 29.0 Å². The topological polar surface area (TPSA) is 131 Å². The molecule has 0 unspecified atom stereocenters. The highest BCUT2D eigenvalue weighted by molar-refractivity contribution is 8.01. The molecular formula is C38H43F2N3O7S. The number of ether oxygens (including phenoxy) is 2. The summed E-state index contributed by atoms with van der Waals surface area (Å²) in [6.07, 6.45) is 0.338. The number of rotatable bonds is 14. The monoisotopic (exact) mass is 723 g/mol. The maximum absolute atomic E-state index is 13.7. The zero-order valence-electron chi connectivity index (χ0n) is 29.5. The van der Waals surface area contributed by atoms with Crippen molar-refractivity contribution in [2.45, 2.75) is 70.9 Å². The summed E-state index contributed by atoms with van der Waals surface area (Å²) in [7, 11) is 0. The van der Waals surface area contributed by atoms with Gasteiger partial charge in [0, 0.05) is 11.3 Å². The van der Waals surface area contributed by atoms with E-state index in [9.17, 15) is 32.8 Å². The van der Waals surface area contributed by atoms with Crippen LogP contribution in [0, 0.1) is 17.0 Å². The molecule has 51 heavy (non-hydrogen) atoms. The lowest BCUT2D eigenvalue weighted by Crippen LogP contribution is -2.57. The lowest BCUT2D eigenvalue weighted by atomic mass is 9.88. The number of hydrogen-bond acceptors (Lipinski definition) is 8. The Kier molecular flexibility index (Phi) is 12.6. The molecule has 3 aromatic rings. The van der Waals surface area contributed by atoms with Crippen LogP contribution in [0.15, 0.2) is 72.8 Å². The Balaban J connectivity index is 1.35. The Hall–Kier alpha value is -4.78. The number of halogens is 2. The van der Waals surface area contributed by atoms with E-state index in [1.54, 1.807) is 45.0 Å². The van der Waals surface area contributed by atoms with Crippen molar-refractivity contribution in [1.29, 1.82) is 0 Å². The fourth-order valence-electron chi connectivity index (χ4n) is 5.29. The number of carbonyl (C=O) groups excluding carboxylic acids is 5. The molecule has 0 saturated carbocycles. The number of Topliss-reactive ketones (excluding diaryl/α,β-unsaturated/α-hetero) is 1. The molecule has 13 heteroatoms. The smallest absolute Gasteiger partial charge is 0.329 e. The number of thioether (sulfide) groups is 1. The number of nitrogens with one attached hydrogen (secondary N) is 2. The minimum atomic E-state index is -0.887. The first-order valence-electron chi connectivity index (χ1n) is 16.4. The van der Waals surface area contributed by atoms with E-state index in [1.165, 1.54) is 65.2 Å². The van der Waals surface area contributed by atoms with Crippen LogP contribution in [0.5, 0.6) is 5.75 Å². The van der Waals surface area contributed by atoms with Gasteiger partial charge < -0.3 is 25.0 Å². The molecule has 0 aliphatic carbocycles. The van der Waals surface area contributed by atoms with Crippen LogP contribution in [-0.4, -0.2) is 65.3 Å². The van der Waals surface area contributed by atoms with E-state index in [1.807, 2.05) is 20.8 Å². The molecule has 3 atom stereocenters. The van der Waals surface area contributed by atoms with Gasteiger partial charge in [-0.1, -0.05) is 32.9 Å². The van der Waals surface area contributed by atoms with Gasteiger partial charge in [0.05, 0.1) is 18.3 Å². The second-order valence-electron chi connectivity index (χ2n) is 14.3. The van der Waals surface area contributed by atoms with Crippen molar-refractivity contribution in [2.75, 3.05) is 23.8 Å². The number of esters is 1. The summed E-state index contributed by atoms with van der Waals surface area (Å²) >= 11 is 1.17. The van der Waals surface area contributed by atoms with Gasteiger partial charge in [0.1, 0.15) is 34.3 Å². The van der Waals surface area contributed by atoms with Crippen molar-refractivity contribution in [3.05, 3.63) is 95.6 Å². The molecule has 3 amide bonds. The first kappa shape index (κ1) is 39.0. The normalized spacial score (nSPS) is 16.5. The first-order chi connectivity index (χ1) is 23.9. The van der Waals surface area contributed by atoms with Gasteiger partial charge in [-0.25, -0.2) is 13.6 Å². The number of nitrogens with zero attached hydrogens (tertiary/aromatic N) is 1. The molecule has 4 rings (SSSR count). The number of benzene rings is 3. The fourth-order valence-corrected chi connectivity index (χ4v) is 6.50. The molecule has 272 valence electrons. The highest BCUT2D eigenvalue weighted by Crippen LogP contribution is 2.45. The molecule has 1 saturated heterocycles. The van der Waals surface area contributed by atoms with E-state index in [0.717, 1.165) is 0 Å². The third-order valence-electron chi connectivity index (χ3n) is 7.59. The van der Waals surface area contributed by atoms with Gasteiger partial charge in [0.2, 0.25) is 11.8 Å². The van der Waals surface area contributed by atoms with Gasteiger partial charge in [-0.3, -0.25) is 19.2 Å². The van der Waals surface area contributed by atoms with Crippen LogP contribution in [0.2, 0.25) is 0 Å². The highest BCUT2D eigenvalue weighted by Gasteiger charge is 2.49. The Labute approximate surface area is 300 Å². The summed E-state index contributed by atoms with van der Waals surface area (Å²) in [6.45, 7) is 10.3. The number of ketones is 1. The number of amides is 3. The number of hydrogen-bond donors (Lipinski definition) is 2. The summed E-state index contributed by atoms with van der Waals surface area (Å²) in [5.74, 6) is -2.74. The largest absolute Gasteiger partial charge is 0.484 e. The van der Waals surface area contributed by atoms with Gasteiger partial charge in [-0.15, -0.1) is 11.8 Å². The number of carbonyl (C=O) groups is 5. The van der Waals surface area contributed by atoms with Gasteiger partial charge in [-0.05, 0) is 98.8 Å². The van der Waals surface area contributed by atoms with Crippen molar-refractivity contribution < 1.29 is 42.2 Å². The second-order valence-corrected chi connectivity index (χ2v) is 15.5. The summed E-state index contributed by atoms with van der Waals surface area (Å²) in [5.41, 5.74) is 0.531. The third kappa shape index (κ3) is 11.4. The van der Waals surface area contributed by atoms with Gasteiger partial charge in [0.25, 0.3) is 5.91 Å². The molecular weight excluding hydrogens is 680 g/mol. The van der Waals surface area contributed by atoms with Crippen LogP contribution in [0.4, 0.5) is 14.5 Å². The average molecular weight is 724 g/mol. The quantitative estimate of drug-likeness (QED) is 0.121. The maximum Gasteiger partial charge on any atom is 0.329 e. The van der Waals surface area contributed by atoms with E-state index >= 15 is 0 Å². The predicted octanol–water partition coefficient (Wildman–Crippen LogP) is 5.80. The molecule has 1 heterocycles. The van der Waals surface area contributed by atoms with Crippen LogP contribution >= 0.6 is 11.8 Å². The summed E-state index contributed by atoms with van der Waals surface area (Å²) in [6, 6.07) is 16.1. The van der Waals surface area contributed by atoms with Crippen LogP contribution in [0.3, 0.4) is 0 Å². The SMILES string of the molecule is CC(C)(C)C[C@H](NC(=O)CNC(=O)COc1ccc([C@@H]2[C@@H](SCC(=O)c3ccc(F)cc3)C(=O)N2c2ccc(F)cc2)cc1)C(=O)OC(C)(C)C. The zero-order chi connectivity index (χ0) is 37.5. The van der Waals surface area contributed by atoms with Crippen molar-refractivity contribution in [1.82, 2.24) is 10.6 Å². The molecule has 1 fully saturated rings. The maximum atomic E-state index is 13.7. The molecule has 1 aliphatic heterocycles. The number of anilines is 1. The van der Waals surface area contributed by atoms with Crippen molar-refractivity contribution >= 4 is 46.9 Å². The summed E-state index contributed by atoms with van der Waals surface area (Å²) in [5, 5.41) is 4.51. The van der Waals surface area contributed by atoms with Crippen LogP contribution in [-0.2, 0) is 23.9 Å². The predicted molar refractivity (Wildman–Crippen MR) is 190 cm³/mol. The molecule has 2 N–H and O–H groups in total. The van der Waals surface area contributed by atoms with Crippen molar-refractivity contribution in [3.8, 4) is 5.75 Å². The fraction of sp³-hybridized carbons (Fsp3) is 0.395. The third-order valence-corrected chi connectivity index (χ3v) is 8.84. The van der Waals surface area contributed by atoms with Gasteiger partial charge in [0.15, 0.2) is 12.4 Å². The minimum absolute atomic E-state index is 0.0115. The Morgan fingerprint density at radius 3 is 2.00 bits per heavy atom. The second kappa shape index (κ2) is 16.5. The molecule has 0 spiro atoms. The molecule has 3 aromatic carbocycles. The molecule has 10 nitrogen and oxygen atoms in total. The summed E-state index contributed by atoms with van der Waals surface area (Å²) < 4.78 is 38.1.